The Morgan fingerprint density at radius 3 is 2.69 bits per heavy atom. The first-order valence-corrected chi connectivity index (χ1v) is 10.6. The lowest BCUT2D eigenvalue weighted by Crippen LogP contribution is -2.42. The monoisotopic (exact) mass is 438 g/mol. The number of hydrogen-bond donors (Lipinski definition) is 3. The number of pyridine rings is 1. The summed E-state index contributed by atoms with van der Waals surface area (Å²) in [6.45, 7) is 6.38. The van der Waals surface area contributed by atoms with E-state index in [0.29, 0.717) is 29.9 Å². The number of para-hydroxylation sites is 1. The third-order valence-electron chi connectivity index (χ3n) is 5.43. The number of nitrogens with zero attached hydrogens (tertiary/aromatic N) is 2. The lowest BCUT2D eigenvalue weighted by molar-refractivity contribution is 0.0198. The van der Waals surface area contributed by atoms with Crippen molar-refractivity contribution in [3.05, 3.63) is 56.7 Å². The summed E-state index contributed by atoms with van der Waals surface area (Å²) in [5.41, 5.74) is -0.0817. The van der Waals surface area contributed by atoms with Gasteiger partial charge in [0, 0.05) is 24.6 Å². The normalized spacial score (nSPS) is 16.8. The van der Waals surface area contributed by atoms with Gasteiger partial charge in [0.15, 0.2) is 0 Å². The molecule has 1 aliphatic rings. The summed E-state index contributed by atoms with van der Waals surface area (Å²) in [5, 5.41) is 10.6. The van der Waals surface area contributed by atoms with Gasteiger partial charge in [0.1, 0.15) is 17.0 Å². The Kier molecular flexibility index (Phi) is 5.50. The van der Waals surface area contributed by atoms with E-state index in [1.165, 1.54) is 0 Å². The van der Waals surface area contributed by atoms with Crippen molar-refractivity contribution in [2.75, 3.05) is 13.1 Å². The Labute approximate surface area is 184 Å². The molecule has 3 aromatic rings. The maximum Gasteiger partial charge on any atom is 0.410 e. The van der Waals surface area contributed by atoms with E-state index in [4.69, 9.17) is 4.74 Å². The Bertz CT molecular complexity index is 1290. The number of aromatic hydroxyl groups is 1. The quantitative estimate of drug-likeness (QED) is 0.564. The molecule has 3 heterocycles. The van der Waals surface area contributed by atoms with Crippen LogP contribution < -0.4 is 11.2 Å². The highest BCUT2D eigenvalue weighted by Gasteiger charge is 2.30. The smallest absolute Gasteiger partial charge is 0.410 e. The molecule has 32 heavy (non-hydrogen) atoms. The number of carbonyl (C=O) groups excluding carboxylic acids is 1. The predicted octanol–water partition coefficient (Wildman–Crippen LogP) is 3.10. The van der Waals surface area contributed by atoms with Crippen LogP contribution in [0.5, 0.6) is 5.75 Å². The van der Waals surface area contributed by atoms with E-state index < -0.39 is 22.9 Å². The molecule has 0 aliphatic carbocycles. The van der Waals surface area contributed by atoms with Crippen LogP contribution in [0.15, 0.2) is 39.9 Å². The maximum atomic E-state index is 12.7. The van der Waals surface area contributed by atoms with Crippen molar-refractivity contribution in [1.29, 1.82) is 0 Å². The molecule has 4 rings (SSSR count). The molecule has 168 valence electrons. The minimum absolute atomic E-state index is 0.0384. The van der Waals surface area contributed by atoms with Crippen LogP contribution in [-0.4, -0.2) is 49.7 Å². The number of aromatic nitrogens is 3. The predicted molar refractivity (Wildman–Crippen MR) is 120 cm³/mol. The number of nitrogens with one attached hydrogen (secondary N) is 2. The molecule has 1 aliphatic heterocycles. The largest absolute Gasteiger partial charge is 0.507 e. The zero-order chi connectivity index (χ0) is 23.0. The number of fused-ring (bicyclic) bond motifs is 1. The number of phenolic OH excluding ortho intramolecular Hbond substituents is 1. The van der Waals surface area contributed by atoms with E-state index >= 15 is 0 Å². The van der Waals surface area contributed by atoms with Gasteiger partial charge in [-0.15, -0.1) is 0 Å². The summed E-state index contributed by atoms with van der Waals surface area (Å²) >= 11 is 0. The van der Waals surface area contributed by atoms with Crippen LogP contribution in [0.1, 0.15) is 45.1 Å². The average molecular weight is 438 g/mol. The molecule has 1 fully saturated rings. The summed E-state index contributed by atoms with van der Waals surface area (Å²) < 4.78 is 5.52. The van der Waals surface area contributed by atoms with Crippen molar-refractivity contribution in [3.63, 3.8) is 0 Å². The van der Waals surface area contributed by atoms with E-state index in [1.54, 1.807) is 35.2 Å². The van der Waals surface area contributed by atoms with E-state index in [9.17, 15) is 19.5 Å². The third kappa shape index (κ3) is 4.37. The van der Waals surface area contributed by atoms with Crippen LogP contribution in [0.3, 0.4) is 0 Å². The molecule has 1 aromatic carbocycles. The number of ether oxygens (including phenoxy) is 1. The number of likely N-dealkylation sites (tertiary alicyclic amines) is 1. The van der Waals surface area contributed by atoms with Crippen molar-refractivity contribution in [2.45, 2.75) is 45.1 Å². The highest BCUT2D eigenvalue weighted by Crippen LogP contribution is 2.35. The molecule has 2 aromatic heterocycles. The zero-order valence-electron chi connectivity index (χ0n) is 18.3. The second-order valence-corrected chi connectivity index (χ2v) is 9.01. The Morgan fingerprint density at radius 2 is 1.97 bits per heavy atom. The number of aromatic amines is 2. The molecule has 1 amide bonds. The van der Waals surface area contributed by atoms with Gasteiger partial charge in [0.05, 0.1) is 11.1 Å². The van der Waals surface area contributed by atoms with Crippen LogP contribution in [0.2, 0.25) is 0 Å². The van der Waals surface area contributed by atoms with Gasteiger partial charge < -0.3 is 14.7 Å². The maximum absolute atomic E-state index is 12.7. The van der Waals surface area contributed by atoms with Crippen LogP contribution in [0.4, 0.5) is 4.79 Å². The van der Waals surface area contributed by atoms with Gasteiger partial charge in [-0.3, -0.25) is 14.8 Å². The first-order chi connectivity index (χ1) is 15.1. The second-order valence-electron chi connectivity index (χ2n) is 9.01. The molecule has 1 saturated heterocycles. The molecule has 1 atom stereocenters. The van der Waals surface area contributed by atoms with Crippen molar-refractivity contribution in [1.82, 2.24) is 19.9 Å². The summed E-state index contributed by atoms with van der Waals surface area (Å²) in [4.78, 5) is 48.2. The van der Waals surface area contributed by atoms with Crippen molar-refractivity contribution in [2.24, 2.45) is 0 Å². The number of benzene rings is 1. The average Bonchev–Trinajstić information content (AvgIpc) is 2.72. The molecular weight excluding hydrogens is 412 g/mol. The number of carbonyl (C=O) groups is 1. The van der Waals surface area contributed by atoms with Gasteiger partial charge in [-0.25, -0.2) is 14.6 Å². The van der Waals surface area contributed by atoms with Crippen molar-refractivity contribution < 1.29 is 14.6 Å². The number of rotatable bonds is 2. The highest BCUT2D eigenvalue weighted by molar-refractivity contribution is 5.83. The molecule has 0 spiro atoms. The SMILES string of the molecule is CC(C)(C)OC(=O)N1CCCC(c2cc(-c3ccccc3O)nc3[nH]c(=O)[nH]c(=O)c23)C1. The first-order valence-electron chi connectivity index (χ1n) is 10.6. The summed E-state index contributed by atoms with van der Waals surface area (Å²) in [6, 6.07) is 8.49. The molecular formula is C23H26N4O5. The van der Waals surface area contributed by atoms with Gasteiger partial charge in [0.25, 0.3) is 5.56 Å². The molecule has 9 heteroatoms. The lowest BCUT2D eigenvalue weighted by Gasteiger charge is -2.34. The van der Waals surface area contributed by atoms with Crippen LogP contribution in [0.25, 0.3) is 22.3 Å². The van der Waals surface area contributed by atoms with Gasteiger partial charge in [-0.05, 0) is 57.4 Å². The van der Waals surface area contributed by atoms with Gasteiger partial charge in [-0.1, -0.05) is 12.1 Å². The van der Waals surface area contributed by atoms with Crippen LogP contribution in [-0.2, 0) is 4.74 Å². The fourth-order valence-electron chi connectivity index (χ4n) is 4.07. The molecule has 1 unspecified atom stereocenters. The molecule has 0 bridgehead atoms. The van der Waals surface area contributed by atoms with Gasteiger partial charge in [-0.2, -0.15) is 0 Å². The second kappa shape index (κ2) is 8.14. The Balaban J connectivity index is 1.82. The zero-order valence-corrected chi connectivity index (χ0v) is 18.3. The molecule has 3 N–H and O–H groups in total. The Morgan fingerprint density at radius 1 is 1.22 bits per heavy atom. The number of amides is 1. The number of piperidine rings is 1. The number of phenols is 1. The van der Waals surface area contributed by atoms with Gasteiger partial charge >= 0.3 is 11.8 Å². The minimum Gasteiger partial charge on any atom is -0.507 e. The summed E-state index contributed by atoms with van der Waals surface area (Å²) in [5.74, 6) is -0.130. The van der Waals surface area contributed by atoms with E-state index in [2.05, 4.69) is 15.0 Å². The number of hydrogen-bond acceptors (Lipinski definition) is 6. The fraction of sp³-hybridized carbons (Fsp3) is 0.391. The number of H-pyrrole nitrogens is 2. The lowest BCUT2D eigenvalue weighted by atomic mass is 9.88. The van der Waals surface area contributed by atoms with Gasteiger partial charge in [0.2, 0.25) is 0 Å². The molecule has 0 radical (unpaired) electrons. The topological polar surface area (TPSA) is 128 Å². The third-order valence-corrected chi connectivity index (χ3v) is 5.43. The fourth-order valence-corrected chi connectivity index (χ4v) is 4.07. The van der Waals surface area contributed by atoms with E-state index in [1.807, 2.05) is 20.8 Å². The Hall–Kier alpha value is -3.62. The highest BCUT2D eigenvalue weighted by atomic mass is 16.6. The minimum atomic E-state index is -0.658. The van der Waals surface area contributed by atoms with E-state index in [0.717, 1.165) is 12.8 Å². The van der Waals surface area contributed by atoms with Crippen LogP contribution >= 0.6 is 0 Å². The summed E-state index contributed by atoms with van der Waals surface area (Å²) in [6.07, 6.45) is 1.08. The standard InChI is InChI=1S/C23H26N4O5/c1-23(2,3)32-22(31)27-10-6-7-13(12-27)15-11-16(14-8-4-5-9-17(14)28)24-19-18(15)20(29)26-21(30)25-19/h4-5,8-9,11,13,28H,6-7,10,12H2,1-3H3,(H2,24,25,26,29,30). The molecule has 9 nitrogen and oxygen atoms in total. The first kappa shape index (κ1) is 21.6. The molecule has 0 saturated carbocycles. The van der Waals surface area contributed by atoms with Crippen molar-refractivity contribution in [3.8, 4) is 17.0 Å². The summed E-state index contributed by atoms with van der Waals surface area (Å²) in [7, 11) is 0. The van der Waals surface area contributed by atoms with E-state index in [-0.39, 0.29) is 22.7 Å². The van der Waals surface area contributed by atoms with Crippen LogP contribution in [0, 0.1) is 0 Å². The van der Waals surface area contributed by atoms with Crippen molar-refractivity contribution >= 4 is 17.1 Å².